The molecule has 0 fully saturated rings. The van der Waals surface area contributed by atoms with Crippen molar-refractivity contribution in [1.82, 2.24) is 0 Å². The van der Waals surface area contributed by atoms with E-state index in [0.717, 1.165) is 22.6 Å². The van der Waals surface area contributed by atoms with Crippen LogP contribution < -0.4 is 20.9 Å². The molecule has 0 saturated heterocycles. The summed E-state index contributed by atoms with van der Waals surface area (Å²) in [5.41, 5.74) is 14.4. The number of rotatable bonds is 5. The van der Waals surface area contributed by atoms with Crippen LogP contribution >= 0.6 is 0 Å². The Balaban J connectivity index is 2.35. The standard InChI is InChI=1S/C16H20N2O2/c1-19-13-9-5-3-7-11(13)15(17)16(18)12-8-4-6-10-14(12)20-2/h3-10,15-16H,17-18H2,1-2H3/t15-,16+. The molecule has 0 spiro atoms. The van der Waals surface area contributed by atoms with E-state index in [2.05, 4.69) is 0 Å². The zero-order chi connectivity index (χ0) is 14.5. The lowest BCUT2D eigenvalue weighted by atomic mass is 9.93. The summed E-state index contributed by atoms with van der Waals surface area (Å²) in [6.45, 7) is 0. The van der Waals surface area contributed by atoms with Crippen LogP contribution in [0, 0.1) is 0 Å². The van der Waals surface area contributed by atoms with Crippen molar-refractivity contribution in [1.29, 1.82) is 0 Å². The van der Waals surface area contributed by atoms with Gasteiger partial charge in [0.15, 0.2) is 0 Å². The first kappa shape index (κ1) is 14.4. The van der Waals surface area contributed by atoms with E-state index in [1.165, 1.54) is 0 Å². The Labute approximate surface area is 119 Å². The summed E-state index contributed by atoms with van der Waals surface area (Å²) < 4.78 is 10.7. The highest BCUT2D eigenvalue weighted by molar-refractivity contribution is 5.41. The summed E-state index contributed by atoms with van der Waals surface area (Å²) in [4.78, 5) is 0. The van der Waals surface area contributed by atoms with Gasteiger partial charge >= 0.3 is 0 Å². The summed E-state index contributed by atoms with van der Waals surface area (Å²) >= 11 is 0. The highest BCUT2D eigenvalue weighted by Crippen LogP contribution is 2.34. The van der Waals surface area contributed by atoms with Gasteiger partial charge in [-0.2, -0.15) is 0 Å². The molecule has 0 aromatic heterocycles. The van der Waals surface area contributed by atoms with Crippen molar-refractivity contribution in [2.75, 3.05) is 14.2 Å². The van der Waals surface area contributed by atoms with Crippen molar-refractivity contribution in [2.45, 2.75) is 12.1 Å². The summed E-state index contributed by atoms with van der Waals surface area (Å²) in [5, 5.41) is 0. The summed E-state index contributed by atoms with van der Waals surface area (Å²) in [6, 6.07) is 14.5. The first-order valence-corrected chi connectivity index (χ1v) is 6.46. The number of benzene rings is 2. The Morgan fingerprint density at radius 3 is 1.40 bits per heavy atom. The molecule has 20 heavy (non-hydrogen) atoms. The van der Waals surface area contributed by atoms with Gasteiger partial charge in [-0.1, -0.05) is 36.4 Å². The van der Waals surface area contributed by atoms with Gasteiger partial charge in [0.2, 0.25) is 0 Å². The average Bonchev–Trinajstić information content (AvgIpc) is 2.53. The van der Waals surface area contributed by atoms with E-state index < -0.39 is 0 Å². The molecule has 0 aliphatic carbocycles. The van der Waals surface area contributed by atoms with Crippen molar-refractivity contribution in [3.63, 3.8) is 0 Å². The molecular formula is C16H20N2O2. The number of hydrogen-bond donors (Lipinski definition) is 2. The maximum atomic E-state index is 6.31. The van der Waals surface area contributed by atoms with Gasteiger partial charge in [-0.3, -0.25) is 0 Å². The first-order valence-electron chi connectivity index (χ1n) is 6.46. The number of nitrogens with two attached hydrogens (primary N) is 2. The van der Waals surface area contributed by atoms with Crippen LogP contribution in [0.25, 0.3) is 0 Å². The lowest BCUT2D eigenvalue weighted by Gasteiger charge is -2.23. The Hall–Kier alpha value is -2.04. The second kappa shape index (κ2) is 6.41. The quantitative estimate of drug-likeness (QED) is 0.877. The van der Waals surface area contributed by atoms with E-state index in [-0.39, 0.29) is 12.1 Å². The minimum Gasteiger partial charge on any atom is -0.496 e. The van der Waals surface area contributed by atoms with Gasteiger partial charge in [-0.05, 0) is 12.1 Å². The lowest BCUT2D eigenvalue weighted by molar-refractivity contribution is 0.391. The van der Waals surface area contributed by atoms with Gasteiger partial charge < -0.3 is 20.9 Å². The third-order valence-electron chi connectivity index (χ3n) is 3.38. The molecule has 2 rings (SSSR count). The predicted octanol–water partition coefficient (Wildman–Crippen LogP) is 2.40. The molecule has 0 unspecified atom stereocenters. The second-order valence-corrected chi connectivity index (χ2v) is 4.54. The molecule has 0 radical (unpaired) electrons. The molecule has 0 bridgehead atoms. The zero-order valence-electron chi connectivity index (χ0n) is 11.7. The lowest BCUT2D eigenvalue weighted by Crippen LogP contribution is -2.27. The fourth-order valence-corrected chi connectivity index (χ4v) is 2.27. The van der Waals surface area contributed by atoms with Crippen LogP contribution in [0.15, 0.2) is 48.5 Å². The third-order valence-corrected chi connectivity index (χ3v) is 3.38. The van der Waals surface area contributed by atoms with Gasteiger partial charge in [-0.15, -0.1) is 0 Å². The summed E-state index contributed by atoms with van der Waals surface area (Å²) in [5.74, 6) is 1.48. The molecule has 4 N–H and O–H groups in total. The number of methoxy groups -OCH3 is 2. The summed E-state index contributed by atoms with van der Waals surface area (Å²) in [6.07, 6.45) is 0. The van der Waals surface area contributed by atoms with Gasteiger partial charge in [-0.25, -0.2) is 0 Å². The van der Waals surface area contributed by atoms with Gasteiger partial charge in [0.1, 0.15) is 11.5 Å². The molecule has 0 aliphatic heterocycles. The van der Waals surface area contributed by atoms with Gasteiger partial charge in [0.05, 0.1) is 26.3 Å². The minimum absolute atomic E-state index is 0.373. The van der Waals surface area contributed by atoms with Crippen LogP contribution in [0.5, 0.6) is 11.5 Å². The molecule has 0 saturated carbocycles. The monoisotopic (exact) mass is 272 g/mol. The minimum atomic E-state index is -0.373. The number of ether oxygens (including phenoxy) is 2. The maximum Gasteiger partial charge on any atom is 0.123 e. The molecule has 2 atom stereocenters. The van der Waals surface area contributed by atoms with E-state index in [9.17, 15) is 0 Å². The fraction of sp³-hybridized carbons (Fsp3) is 0.250. The Morgan fingerprint density at radius 2 is 1.05 bits per heavy atom. The zero-order valence-corrected chi connectivity index (χ0v) is 11.7. The first-order chi connectivity index (χ1) is 9.69. The predicted molar refractivity (Wildman–Crippen MR) is 79.8 cm³/mol. The van der Waals surface area contributed by atoms with Crippen molar-refractivity contribution in [3.8, 4) is 11.5 Å². The third kappa shape index (κ3) is 2.76. The Bertz CT molecular complexity index is 520. The fourth-order valence-electron chi connectivity index (χ4n) is 2.27. The van der Waals surface area contributed by atoms with E-state index >= 15 is 0 Å². The van der Waals surface area contributed by atoms with Gasteiger partial charge in [0, 0.05) is 11.1 Å². The van der Waals surface area contributed by atoms with E-state index in [4.69, 9.17) is 20.9 Å². The topological polar surface area (TPSA) is 70.5 Å². The van der Waals surface area contributed by atoms with Crippen LogP contribution in [0.2, 0.25) is 0 Å². The highest BCUT2D eigenvalue weighted by atomic mass is 16.5. The summed E-state index contributed by atoms with van der Waals surface area (Å²) in [7, 11) is 3.25. The van der Waals surface area contributed by atoms with Crippen LogP contribution in [0.3, 0.4) is 0 Å². The van der Waals surface area contributed by atoms with E-state index in [1.54, 1.807) is 14.2 Å². The smallest absolute Gasteiger partial charge is 0.123 e. The molecule has 2 aromatic carbocycles. The van der Waals surface area contributed by atoms with Crippen molar-refractivity contribution >= 4 is 0 Å². The Morgan fingerprint density at radius 1 is 0.700 bits per heavy atom. The molecule has 4 nitrogen and oxygen atoms in total. The molecule has 2 aromatic rings. The normalized spacial score (nSPS) is 13.6. The molecule has 0 aliphatic rings. The van der Waals surface area contributed by atoms with Crippen LogP contribution in [0.4, 0.5) is 0 Å². The SMILES string of the molecule is COc1ccccc1[C@@H](N)[C@@H](N)c1ccccc1OC. The highest BCUT2D eigenvalue weighted by Gasteiger charge is 2.22. The number of hydrogen-bond acceptors (Lipinski definition) is 4. The van der Waals surface area contributed by atoms with Crippen LogP contribution in [-0.4, -0.2) is 14.2 Å². The Kier molecular flexibility index (Phi) is 4.61. The van der Waals surface area contributed by atoms with Gasteiger partial charge in [0.25, 0.3) is 0 Å². The second-order valence-electron chi connectivity index (χ2n) is 4.54. The number of para-hydroxylation sites is 2. The van der Waals surface area contributed by atoms with Crippen molar-refractivity contribution in [2.24, 2.45) is 11.5 Å². The average molecular weight is 272 g/mol. The molecular weight excluding hydrogens is 252 g/mol. The maximum absolute atomic E-state index is 6.31. The van der Waals surface area contributed by atoms with E-state index in [1.807, 2.05) is 48.5 Å². The van der Waals surface area contributed by atoms with Crippen molar-refractivity contribution in [3.05, 3.63) is 59.7 Å². The van der Waals surface area contributed by atoms with Crippen molar-refractivity contribution < 1.29 is 9.47 Å². The van der Waals surface area contributed by atoms with Crippen LogP contribution in [-0.2, 0) is 0 Å². The molecule has 0 amide bonds. The molecule has 4 heteroatoms. The van der Waals surface area contributed by atoms with Crippen LogP contribution in [0.1, 0.15) is 23.2 Å². The van der Waals surface area contributed by atoms with E-state index in [0.29, 0.717) is 0 Å². The molecule has 0 heterocycles. The molecule has 106 valence electrons. The largest absolute Gasteiger partial charge is 0.496 e.